The molecule has 1 rings (SSSR count). The van der Waals surface area contributed by atoms with Gasteiger partial charge in [0.2, 0.25) is 5.17 Å². The molecule has 0 saturated heterocycles. The molecule has 3 nitrogen and oxygen atoms in total. The van der Waals surface area contributed by atoms with Crippen LogP contribution in [-0.2, 0) is 0 Å². The SMILES string of the molecule is FC(F)(F)C(Cl)=Nc1ccon1. The second kappa shape index (κ2) is 3.14. The zero-order valence-electron chi connectivity index (χ0n) is 5.47. The predicted octanol–water partition coefficient (Wildman–Crippen LogP) is 2.51. The summed E-state index contributed by atoms with van der Waals surface area (Å²) >= 11 is 4.79. The quantitative estimate of drug-likeness (QED) is 0.651. The molecule has 0 saturated carbocycles. The van der Waals surface area contributed by atoms with Crippen LogP contribution in [0.4, 0.5) is 19.0 Å². The van der Waals surface area contributed by atoms with Crippen molar-refractivity contribution in [3.8, 4) is 0 Å². The highest BCUT2D eigenvalue weighted by Crippen LogP contribution is 2.22. The molecule has 0 atom stereocenters. The first kappa shape index (κ1) is 9.05. The number of aromatic nitrogens is 1. The van der Waals surface area contributed by atoms with E-state index in [1.54, 1.807) is 0 Å². The van der Waals surface area contributed by atoms with Crippen LogP contribution in [0.25, 0.3) is 0 Å². The monoisotopic (exact) mass is 198 g/mol. The van der Waals surface area contributed by atoms with Crippen LogP contribution < -0.4 is 0 Å². The molecule has 0 aliphatic rings. The van der Waals surface area contributed by atoms with Crippen molar-refractivity contribution in [2.45, 2.75) is 6.18 Å². The van der Waals surface area contributed by atoms with Crippen LogP contribution in [0.1, 0.15) is 0 Å². The molecule has 0 spiro atoms. The summed E-state index contributed by atoms with van der Waals surface area (Å²) in [6.45, 7) is 0. The summed E-state index contributed by atoms with van der Waals surface area (Å²) in [6, 6.07) is 1.16. The summed E-state index contributed by atoms with van der Waals surface area (Å²) in [5.41, 5.74) is 0. The molecule has 0 radical (unpaired) electrons. The predicted molar refractivity (Wildman–Crippen MR) is 35.5 cm³/mol. The molecular formula is C5H2ClF3N2O. The van der Waals surface area contributed by atoms with Crippen LogP contribution in [0.15, 0.2) is 21.8 Å². The van der Waals surface area contributed by atoms with Crippen molar-refractivity contribution < 1.29 is 17.7 Å². The molecule has 0 unspecified atom stereocenters. The minimum absolute atomic E-state index is 0.211. The molecule has 1 aromatic heterocycles. The minimum atomic E-state index is -4.64. The van der Waals surface area contributed by atoms with Gasteiger partial charge in [0, 0.05) is 6.07 Å². The third-order valence-electron chi connectivity index (χ3n) is 0.871. The molecule has 0 aromatic carbocycles. The molecule has 0 aliphatic heterocycles. The lowest BCUT2D eigenvalue weighted by Gasteiger charge is -2.00. The number of hydrogen-bond acceptors (Lipinski definition) is 3. The van der Waals surface area contributed by atoms with Crippen molar-refractivity contribution in [2.75, 3.05) is 0 Å². The number of alkyl halides is 3. The topological polar surface area (TPSA) is 38.4 Å². The van der Waals surface area contributed by atoms with Crippen molar-refractivity contribution in [3.05, 3.63) is 12.3 Å². The molecule has 0 fully saturated rings. The maximum atomic E-state index is 11.7. The first-order valence-electron chi connectivity index (χ1n) is 2.72. The average Bonchev–Trinajstić information content (AvgIpc) is 2.37. The Morgan fingerprint density at radius 3 is 2.67 bits per heavy atom. The van der Waals surface area contributed by atoms with Gasteiger partial charge in [-0.25, -0.2) is 4.99 Å². The molecule has 0 aliphatic carbocycles. The van der Waals surface area contributed by atoms with Crippen LogP contribution in [0.2, 0.25) is 0 Å². The summed E-state index contributed by atoms with van der Waals surface area (Å²) < 4.78 is 39.4. The van der Waals surface area contributed by atoms with Gasteiger partial charge in [-0.05, 0) is 0 Å². The van der Waals surface area contributed by atoms with Gasteiger partial charge in [-0.1, -0.05) is 16.8 Å². The normalized spacial score (nSPS) is 13.5. The summed E-state index contributed by atoms with van der Waals surface area (Å²) in [5, 5.41) is 1.65. The Bertz CT molecular complexity index is 279. The van der Waals surface area contributed by atoms with Gasteiger partial charge in [0.1, 0.15) is 6.26 Å². The Balaban J connectivity index is 2.84. The van der Waals surface area contributed by atoms with E-state index in [9.17, 15) is 13.2 Å². The fourth-order valence-corrected chi connectivity index (χ4v) is 0.514. The second-order valence-electron chi connectivity index (χ2n) is 1.76. The van der Waals surface area contributed by atoms with E-state index in [2.05, 4.69) is 14.7 Å². The first-order chi connectivity index (χ1) is 5.50. The van der Waals surface area contributed by atoms with Gasteiger partial charge in [0.15, 0.2) is 5.82 Å². The highest BCUT2D eigenvalue weighted by molar-refractivity contribution is 6.67. The molecule has 0 amide bonds. The summed E-state index contributed by atoms with van der Waals surface area (Å²) in [6.07, 6.45) is -3.54. The Hall–Kier alpha value is -1.04. The maximum absolute atomic E-state index is 11.7. The zero-order valence-corrected chi connectivity index (χ0v) is 6.23. The number of nitrogens with zero attached hydrogens (tertiary/aromatic N) is 2. The fourth-order valence-electron chi connectivity index (χ4n) is 0.428. The van der Waals surface area contributed by atoms with Gasteiger partial charge in [-0.3, -0.25) is 0 Å². The Kier molecular flexibility index (Phi) is 2.37. The van der Waals surface area contributed by atoms with Gasteiger partial charge in [0.25, 0.3) is 0 Å². The van der Waals surface area contributed by atoms with E-state index in [0.717, 1.165) is 12.3 Å². The molecule has 0 N–H and O–H groups in total. The maximum Gasteiger partial charge on any atom is 0.444 e. The van der Waals surface area contributed by atoms with Gasteiger partial charge in [0.05, 0.1) is 0 Å². The summed E-state index contributed by atoms with van der Waals surface area (Å²) in [4.78, 5) is 2.94. The molecule has 7 heteroatoms. The van der Waals surface area contributed by atoms with Crippen molar-refractivity contribution >= 4 is 22.6 Å². The molecule has 12 heavy (non-hydrogen) atoms. The van der Waals surface area contributed by atoms with Crippen LogP contribution in [0, 0.1) is 0 Å². The largest absolute Gasteiger partial charge is 0.444 e. The van der Waals surface area contributed by atoms with Crippen LogP contribution in [0.5, 0.6) is 0 Å². The smallest absolute Gasteiger partial charge is 0.363 e. The number of aliphatic imine (C=N–C) groups is 1. The number of rotatable bonds is 1. The summed E-state index contributed by atoms with van der Waals surface area (Å²) in [7, 11) is 0. The highest BCUT2D eigenvalue weighted by Gasteiger charge is 2.34. The fraction of sp³-hybridized carbons (Fsp3) is 0.200. The van der Waals surface area contributed by atoms with Gasteiger partial charge in [-0.15, -0.1) is 0 Å². The third kappa shape index (κ3) is 2.23. The minimum Gasteiger partial charge on any atom is -0.363 e. The van der Waals surface area contributed by atoms with E-state index in [1.807, 2.05) is 0 Å². The summed E-state index contributed by atoms with van der Waals surface area (Å²) in [5.74, 6) is -0.211. The van der Waals surface area contributed by atoms with Crippen molar-refractivity contribution in [3.63, 3.8) is 0 Å². The second-order valence-corrected chi connectivity index (χ2v) is 2.12. The van der Waals surface area contributed by atoms with Crippen molar-refractivity contribution in [1.82, 2.24) is 5.16 Å². The lowest BCUT2D eigenvalue weighted by molar-refractivity contribution is -0.0558. The van der Waals surface area contributed by atoms with E-state index in [0.29, 0.717) is 0 Å². The molecule has 0 bridgehead atoms. The highest BCUT2D eigenvalue weighted by atomic mass is 35.5. The Labute approximate surface area is 69.8 Å². The van der Waals surface area contributed by atoms with Crippen molar-refractivity contribution in [1.29, 1.82) is 0 Å². The molecule has 1 heterocycles. The van der Waals surface area contributed by atoms with Crippen LogP contribution >= 0.6 is 11.6 Å². The average molecular weight is 199 g/mol. The zero-order chi connectivity index (χ0) is 9.19. The number of halogens is 4. The Morgan fingerprint density at radius 1 is 1.58 bits per heavy atom. The molecule has 66 valence electrons. The van der Waals surface area contributed by atoms with Gasteiger partial charge < -0.3 is 4.52 Å². The van der Waals surface area contributed by atoms with E-state index >= 15 is 0 Å². The van der Waals surface area contributed by atoms with E-state index < -0.39 is 11.3 Å². The Morgan fingerprint density at radius 2 is 2.25 bits per heavy atom. The van der Waals surface area contributed by atoms with Crippen LogP contribution in [0.3, 0.4) is 0 Å². The number of hydrogen-bond donors (Lipinski definition) is 0. The van der Waals surface area contributed by atoms with Gasteiger partial charge in [-0.2, -0.15) is 13.2 Å². The lowest BCUT2D eigenvalue weighted by atomic mass is 10.6. The van der Waals surface area contributed by atoms with Gasteiger partial charge >= 0.3 is 6.18 Å². The van der Waals surface area contributed by atoms with E-state index in [1.165, 1.54) is 0 Å². The first-order valence-corrected chi connectivity index (χ1v) is 3.09. The molecule has 1 aromatic rings. The van der Waals surface area contributed by atoms with Crippen molar-refractivity contribution in [2.24, 2.45) is 4.99 Å². The van der Waals surface area contributed by atoms with E-state index in [4.69, 9.17) is 11.6 Å². The third-order valence-corrected chi connectivity index (χ3v) is 1.17. The van der Waals surface area contributed by atoms with E-state index in [-0.39, 0.29) is 5.82 Å². The van der Waals surface area contributed by atoms with Crippen LogP contribution in [-0.4, -0.2) is 16.5 Å². The molecular weight excluding hydrogens is 197 g/mol. The lowest BCUT2D eigenvalue weighted by Crippen LogP contribution is -2.16. The standard InChI is InChI=1S/C5H2ClF3N2O/c6-4(5(7,8)9)10-3-1-2-12-11-3/h1-2H.